The maximum Gasteiger partial charge on any atom is 0.215 e. The van der Waals surface area contributed by atoms with Crippen molar-refractivity contribution in [3.8, 4) is 0 Å². The Morgan fingerprint density at radius 1 is 0.325 bits per heavy atom. The molecule has 0 amide bonds. The Morgan fingerprint density at radius 3 is 0.675 bits per heavy atom. The predicted molar refractivity (Wildman–Crippen MR) is 329 cm³/mol. The first-order valence-corrected chi connectivity index (χ1v) is 32.8. The van der Waals surface area contributed by atoms with Gasteiger partial charge in [-0.2, -0.15) is 0 Å². The van der Waals surface area contributed by atoms with Crippen molar-refractivity contribution >= 4 is 83.7 Å². The minimum Gasteiger partial charge on any atom is -0.361 e. The van der Waals surface area contributed by atoms with Crippen LogP contribution >= 0.6 is 0 Å². The second-order valence-electron chi connectivity index (χ2n) is 20.8. The van der Waals surface area contributed by atoms with E-state index in [0.717, 1.165) is 118 Å². The summed E-state index contributed by atoms with van der Waals surface area (Å²) in [4.78, 5) is 21.5. The Balaban J connectivity index is 0.000000196. The van der Waals surface area contributed by atoms with Gasteiger partial charge in [0.1, 0.15) is 0 Å². The predicted octanol–water partition coefficient (Wildman–Crippen LogP) is 5.28. The van der Waals surface area contributed by atoms with Crippen LogP contribution in [0.5, 0.6) is 0 Å². The molecule has 4 aromatic carbocycles. The highest BCUT2D eigenvalue weighted by Gasteiger charge is 2.15. The largest absolute Gasteiger partial charge is 0.361 e. The fourth-order valence-electron chi connectivity index (χ4n) is 8.63. The third-order valence-corrected chi connectivity index (χ3v) is 18.7. The average molecular weight is 1180 g/mol. The molecule has 0 atom stereocenters. The molecule has 0 spiro atoms. The molecule has 8 N–H and O–H groups in total. The van der Waals surface area contributed by atoms with Crippen LogP contribution in [0.3, 0.4) is 0 Å². The molecule has 0 aliphatic rings. The van der Waals surface area contributed by atoms with Crippen molar-refractivity contribution in [1.82, 2.24) is 58.4 Å². The molecular weight excluding hydrogens is 1100 g/mol. The van der Waals surface area contributed by atoms with Crippen LogP contribution in [-0.2, 0) is 88.8 Å². The summed E-state index contributed by atoms with van der Waals surface area (Å²) in [5, 5.41) is 4.43. The van der Waals surface area contributed by atoms with Crippen molar-refractivity contribution in [1.29, 1.82) is 0 Å². The molecule has 80 heavy (non-hydrogen) atoms. The smallest absolute Gasteiger partial charge is 0.215 e. The molecule has 0 unspecified atom stereocenters. The molecule has 24 heteroatoms. The van der Waals surface area contributed by atoms with Gasteiger partial charge in [0, 0.05) is 94.6 Å². The Kier molecular flexibility index (Phi) is 24.1. The zero-order valence-corrected chi connectivity index (χ0v) is 51.7. The minimum atomic E-state index is -3.23. The Morgan fingerprint density at radius 2 is 0.512 bits per heavy atom. The fraction of sp³-hybridized carbons (Fsp3) is 0.429. The number of sulfonamides is 4. The summed E-state index contributed by atoms with van der Waals surface area (Å²) in [6.45, 7) is 3.86. The van der Waals surface area contributed by atoms with Gasteiger partial charge in [-0.25, -0.2) is 52.6 Å². The van der Waals surface area contributed by atoms with Crippen LogP contribution < -0.4 is 18.9 Å². The second-order valence-corrected chi connectivity index (χ2v) is 28.5. The van der Waals surface area contributed by atoms with Gasteiger partial charge in [0.2, 0.25) is 40.1 Å². The molecule has 440 valence electrons. The number of nitrogens with zero attached hydrogens (tertiary/aromatic N) is 4. The van der Waals surface area contributed by atoms with Gasteiger partial charge in [-0.15, -0.1) is 0 Å². The second kappa shape index (κ2) is 29.5. The van der Waals surface area contributed by atoms with E-state index in [1.165, 1.54) is 50.4 Å². The van der Waals surface area contributed by atoms with Crippen LogP contribution in [0, 0.1) is 0 Å². The van der Waals surface area contributed by atoms with Crippen molar-refractivity contribution in [2.45, 2.75) is 48.7 Å². The summed E-state index contributed by atoms with van der Waals surface area (Å²) in [7, 11) is 9.16. The molecule has 0 aliphatic carbocycles. The molecule has 0 saturated heterocycles. The topological polar surface area (TPSA) is 261 Å². The van der Waals surface area contributed by atoms with Crippen LogP contribution in [0.1, 0.15) is 44.5 Å². The molecule has 0 fully saturated rings. The van der Waals surface area contributed by atoms with E-state index in [-0.39, 0.29) is 23.0 Å². The van der Waals surface area contributed by atoms with E-state index in [2.05, 4.69) is 58.4 Å². The van der Waals surface area contributed by atoms with E-state index in [0.29, 0.717) is 0 Å². The maximum absolute atomic E-state index is 11.6. The van der Waals surface area contributed by atoms with Crippen LogP contribution in [0.4, 0.5) is 0 Å². The lowest BCUT2D eigenvalue weighted by molar-refractivity contribution is 0.414. The van der Waals surface area contributed by atoms with E-state index in [9.17, 15) is 33.7 Å². The number of aromatic nitrogens is 4. The van der Waals surface area contributed by atoms with Gasteiger partial charge in [0.05, 0.1) is 23.0 Å². The van der Waals surface area contributed by atoms with Crippen LogP contribution in [0.25, 0.3) is 43.6 Å². The summed E-state index contributed by atoms with van der Waals surface area (Å²) in [6, 6.07) is 23.0. The summed E-state index contributed by atoms with van der Waals surface area (Å²) in [6.07, 6.45) is 11.8. The van der Waals surface area contributed by atoms with Gasteiger partial charge < -0.3 is 39.5 Å². The molecule has 8 aromatic rings. The summed E-state index contributed by atoms with van der Waals surface area (Å²) in [5.41, 5.74) is 12.3. The Labute approximate surface area is 474 Å². The van der Waals surface area contributed by atoms with Gasteiger partial charge in [0.15, 0.2) is 0 Å². The number of benzene rings is 4. The quantitative estimate of drug-likeness (QED) is 0.0384. The number of likely N-dealkylation sites (N-methyl/N-ethyl adjacent to an activating group) is 4. The molecule has 8 rings (SSSR count). The van der Waals surface area contributed by atoms with E-state index in [4.69, 9.17) is 0 Å². The van der Waals surface area contributed by atoms with Gasteiger partial charge in [-0.05, 0) is 203 Å². The summed E-state index contributed by atoms with van der Waals surface area (Å²) >= 11 is 0. The molecule has 0 aliphatic heterocycles. The number of hydrogen-bond acceptors (Lipinski definition) is 12. The normalized spacial score (nSPS) is 12.4. The van der Waals surface area contributed by atoms with Crippen molar-refractivity contribution in [2.75, 3.05) is 111 Å². The van der Waals surface area contributed by atoms with Gasteiger partial charge in [0.25, 0.3) is 0 Å². The average Bonchev–Trinajstić information content (AvgIpc) is 4.21. The zero-order chi connectivity index (χ0) is 59.0. The Bertz CT molecular complexity index is 3250. The van der Waals surface area contributed by atoms with Gasteiger partial charge in [-0.3, -0.25) is 0 Å². The monoisotopic (exact) mass is 1180 g/mol. The number of aromatic amines is 4. The molecule has 4 aromatic heterocycles. The lowest BCUT2D eigenvalue weighted by Gasteiger charge is -2.08. The minimum absolute atomic E-state index is 0.0116. The first-order chi connectivity index (χ1) is 37.6. The maximum atomic E-state index is 11.6. The highest BCUT2D eigenvalue weighted by atomic mass is 32.2. The number of rotatable bonds is 24. The lowest BCUT2D eigenvalue weighted by atomic mass is 10.1. The van der Waals surface area contributed by atoms with E-state index in [1.807, 2.05) is 154 Å². The first-order valence-electron chi connectivity index (χ1n) is 26.2. The van der Waals surface area contributed by atoms with Gasteiger partial charge >= 0.3 is 0 Å². The SMILES string of the molecule is CNS(=O)(=O)Cc1ccc2[nH]cc(CCN(C)C)c2c1.CNS(=O)(=O)Cc1ccc2[nH]cc(CCN(C)C)c2c1.CNS(=O)(=O)Cc1ccc2[nH]cc(CCN(C)C)c2c1.CNS(=O)(=O)Cc1ccc2[nH]cc(CCN(C)C)c2c1. The van der Waals surface area contributed by atoms with Crippen molar-refractivity contribution < 1.29 is 33.7 Å². The van der Waals surface area contributed by atoms with Crippen molar-refractivity contribution in [3.63, 3.8) is 0 Å². The summed E-state index contributed by atoms with van der Waals surface area (Å²) < 4.78 is 102. The van der Waals surface area contributed by atoms with Crippen LogP contribution in [0.2, 0.25) is 0 Å². The third-order valence-electron chi connectivity index (χ3n) is 13.3. The summed E-state index contributed by atoms with van der Waals surface area (Å²) in [5.74, 6) is 0.0466. The highest BCUT2D eigenvalue weighted by Crippen LogP contribution is 2.25. The van der Waals surface area contributed by atoms with Crippen LogP contribution in [0.15, 0.2) is 97.6 Å². The standard InChI is InChI=1S/4C14H21N3O2S/c4*1-15-20(18,19)10-11-4-5-14-13(8-11)12(9-16-14)6-7-17(2)3/h4*4-5,8-9,15-16H,6-7,10H2,1-3H3. The van der Waals surface area contributed by atoms with E-state index in [1.54, 1.807) is 0 Å². The number of H-pyrrole nitrogens is 4. The number of nitrogens with one attached hydrogen (secondary N) is 8. The first kappa shape index (κ1) is 65.3. The fourth-order valence-corrected chi connectivity index (χ4v) is 11.7. The molecule has 4 heterocycles. The van der Waals surface area contributed by atoms with Crippen molar-refractivity contribution in [3.05, 3.63) is 142 Å². The van der Waals surface area contributed by atoms with E-state index < -0.39 is 40.1 Å². The van der Waals surface area contributed by atoms with E-state index >= 15 is 0 Å². The third kappa shape index (κ3) is 20.5. The number of hydrogen-bond donors (Lipinski definition) is 8. The molecule has 0 bridgehead atoms. The number of fused-ring (bicyclic) bond motifs is 4. The zero-order valence-electron chi connectivity index (χ0n) is 48.4. The van der Waals surface area contributed by atoms with Crippen molar-refractivity contribution in [2.24, 2.45) is 0 Å². The molecule has 20 nitrogen and oxygen atoms in total. The molecular formula is C56H84N12O8S4. The Hall–Kier alpha value is -5.48. The van der Waals surface area contributed by atoms with Crippen LogP contribution in [-0.4, -0.2) is 184 Å². The molecule has 0 radical (unpaired) electrons. The highest BCUT2D eigenvalue weighted by molar-refractivity contribution is 7.89. The van der Waals surface area contributed by atoms with Gasteiger partial charge in [-0.1, -0.05) is 24.3 Å². The lowest BCUT2D eigenvalue weighted by Crippen LogP contribution is -2.20. The molecule has 0 saturated carbocycles.